The number of methoxy groups -OCH3 is 1. The lowest BCUT2D eigenvalue weighted by atomic mass is 9.80. The van der Waals surface area contributed by atoms with E-state index in [9.17, 15) is 9.90 Å². The van der Waals surface area contributed by atoms with Gasteiger partial charge in [-0.1, -0.05) is 53.4 Å². The number of nitrogens with zero attached hydrogens (tertiary/aromatic N) is 2. The van der Waals surface area contributed by atoms with Gasteiger partial charge >= 0.3 is 18.0 Å². The Morgan fingerprint density at radius 1 is 0.953 bits per heavy atom. The van der Waals surface area contributed by atoms with Gasteiger partial charge in [-0.25, -0.2) is 14.4 Å². The van der Waals surface area contributed by atoms with E-state index in [0.717, 1.165) is 42.5 Å². The van der Waals surface area contributed by atoms with Gasteiger partial charge in [0, 0.05) is 29.1 Å². The van der Waals surface area contributed by atoms with Crippen molar-refractivity contribution in [2.24, 2.45) is 0 Å². The Bertz CT molecular complexity index is 1180. The molecule has 2 heterocycles. The van der Waals surface area contributed by atoms with Crippen LogP contribution in [0.3, 0.4) is 0 Å². The standard InChI is InChI=1S/C30H42BrN3O3.C2H2O4/c1-22-10-15-29(37-2)28(18-22)34(30(35)36)27-19-25-8-7-9-26(20-27)33(25)17-6-4-3-5-16-32-21-23-11-13-24(31)14-12-23;3-1(4)2(5)6/h10-15,18,25-27,32H,3-9,16-17,19-21H2,1-2H3,(H,35,36);(H,3,4)(H,5,6). The third-order valence-corrected chi connectivity index (χ3v) is 8.74. The molecule has 43 heavy (non-hydrogen) atoms. The molecular formula is C32H44BrN3O7. The number of hydrogen-bond donors (Lipinski definition) is 4. The molecule has 2 bridgehead atoms. The molecule has 4 rings (SSSR count). The molecule has 10 nitrogen and oxygen atoms in total. The van der Waals surface area contributed by atoms with Crippen LogP contribution in [-0.4, -0.2) is 76.6 Å². The zero-order chi connectivity index (χ0) is 31.4. The molecule has 2 fully saturated rings. The Balaban J connectivity index is 0.000000765. The normalized spacial score (nSPS) is 19.6. The molecule has 0 aromatic heterocycles. The van der Waals surface area contributed by atoms with Crippen LogP contribution in [0.2, 0.25) is 0 Å². The summed E-state index contributed by atoms with van der Waals surface area (Å²) in [4.78, 5) is 34.9. The summed E-state index contributed by atoms with van der Waals surface area (Å²) in [7, 11) is 1.62. The van der Waals surface area contributed by atoms with Gasteiger partial charge in [0.15, 0.2) is 0 Å². The topological polar surface area (TPSA) is 140 Å². The number of carboxylic acids is 2. The highest BCUT2D eigenvalue weighted by Gasteiger charge is 2.42. The van der Waals surface area contributed by atoms with Gasteiger partial charge in [-0.05, 0) is 93.9 Å². The fourth-order valence-corrected chi connectivity index (χ4v) is 6.47. The molecule has 2 saturated heterocycles. The van der Waals surface area contributed by atoms with Crippen molar-refractivity contribution in [1.29, 1.82) is 0 Å². The molecule has 2 aliphatic heterocycles. The number of rotatable bonds is 12. The minimum Gasteiger partial charge on any atom is -0.495 e. The van der Waals surface area contributed by atoms with Crippen molar-refractivity contribution in [2.75, 3.05) is 25.1 Å². The Kier molecular flexibility index (Phi) is 13.8. The molecule has 0 spiro atoms. The molecule has 2 aliphatic rings. The smallest absolute Gasteiger partial charge is 0.414 e. The second kappa shape index (κ2) is 17.2. The molecule has 2 aromatic rings. The number of carbonyl (C=O) groups is 3. The number of benzene rings is 2. The van der Waals surface area contributed by atoms with Crippen molar-refractivity contribution in [3.05, 3.63) is 58.1 Å². The molecular weight excluding hydrogens is 618 g/mol. The number of anilines is 1. The first-order chi connectivity index (χ1) is 20.6. The molecule has 236 valence electrons. The molecule has 2 unspecified atom stereocenters. The highest BCUT2D eigenvalue weighted by molar-refractivity contribution is 9.10. The predicted molar refractivity (Wildman–Crippen MR) is 169 cm³/mol. The van der Waals surface area contributed by atoms with E-state index in [4.69, 9.17) is 24.5 Å². The molecule has 0 aliphatic carbocycles. The number of fused-ring (bicyclic) bond motifs is 2. The van der Waals surface area contributed by atoms with Crippen molar-refractivity contribution >= 4 is 39.6 Å². The van der Waals surface area contributed by atoms with Crippen molar-refractivity contribution in [3.8, 4) is 5.75 Å². The minimum absolute atomic E-state index is 0.00319. The average Bonchev–Trinajstić information content (AvgIpc) is 2.96. The Morgan fingerprint density at radius 2 is 1.58 bits per heavy atom. The number of nitrogens with one attached hydrogen (secondary N) is 1. The fourth-order valence-electron chi connectivity index (χ4n) is 6.20. The highest BCUT2D eigenvalue weighted by Crippen LogP contribution is 2.40. The Labute approximate surface area is 262 Å². The van der Waals surface area contributed by atoms with E-state index in [-0.39, 0.29) is 6.04 Å². The quantitative estimate of drug-likeness (QED) is 0.156. The Morgan fingerprint density at radius 3 is 2.16 bits per heavy atom. The number of aryl methyl sites for hydroxylation is 1. The van der Waals surface area contributed by atoms with Gasteiger partial charge in [-0.15, -0.1) is 0 Å². The maximum Gasteiger partial charge on any atom is 0.414 e. The summed E-state index contributed by atoms with van der Waals surface area (Å²) in [6, 6.07) is 15.2. The van der Waals surface area contributed by atoms with Crippen LogP contribution in [0, 0.1) is 6.92 Å². The van der Waals surface area contributed by atoms with Gasteiger partial charge in [0.25, 0.3) is 0 Å². The lowest BCUT2D eigenvalue weighted by Gasteiger charge is -2.50. The lowest BCUT2D eigenvalue weighted by molar-refractivity contribution is -0.159. The summed E-state index contributed by atoms with van der Waals surface area (Å²) in [5.41, 5.74) is 3.05. The van der Waals surface area contributed by atoms with E-state index in [1.807, 2.05) is 25.1 Å². The summed E-state index contributed by atoms with van der Waals surface area (Å²) in [6.07, 6.45) is 9.45. The first-order valence-electron chi connectivity index (χ1n) is 14.9. The number of unbranched alkanes of at least 4 members (excludes halogenated alkanes) is 3. The van der Waals surface area contributed by atoms with Gasteiger partial charge in [-0.2, -0.15) is 0 Å². The second-order valence-electron chi connectivity index (χ2n) is 11.3. The SMILES string of the molecule is COc1ccc(C)cc1N(C(=O)O)C1CC2CCCC(C1)N2CCCCCCNCc1ccc(Br)cc1.O=C(O)C(=O)O. The molecule has 2 aromatic carbocycles. The van der Waals surface area contributed by atoms with Gasteiger partial charge in [0.05, 0.1) is 12.8 Å². The highest BCUT2D eigenvalue weighted by atomic mass is 79.9. The van der Waals surface area contributed by atoms with Crippen molar-refractivity contribution in [3.63, 3.8) is 0 Å². The average molecular weight is 663 g/mol. The summed E-state index contributed by atoms with van der Waals surface area (Å²) >= 11 is 3.48. The third-order valence-electron chi connectivity index (χ3n) is 8.21. The van der Waals surface area contributed by atoms with Crippen LogP contribution in [0.1, 0.15) is 68.9 Å². The molecule has 4 N–H and O–H groups in total. The number of halogens is 1. The monoisotopic (exact) mass is 661 g/mol. The predicted octanol–water partition coefficient (Wildman–Crippen LogP) is 6.14. The first-order valence-corrected chi connectivity index (χ1v) is 15.7. The summed E-state index contributed by atoms with van der Waals surface area (Å²) < 4.78 is 6.66. The maximum atomic E-state index is 12.4. The van der Waals surface area contributed by atoms with Crippen LogP contribution in [0.15, 0.2) is 46.9 Å². The summed E-state index contributed by atoms with van der Waals surface area (Å²) in [5.74, 6) is -3.02. The first kappa shape index (κ1) is 34.3. The van der Waals surface area contributed by atoms with E-state index in [1.165, 1.54) is 50.5 Å². The zero-order valence-corrected chi connectivity index (χ0v) is 26.6. The van der Waals surface area contributed by atoms with Gasteiger partial charge in [0.1, 0.15) is 5.75 Å². The summed E-state index contributed by atoms with van der Waals surface area (Å²) in [6.45, 7) is 5.11. The van der Waals surface area contributed by atoms with Crippen LogP contribution in [0.25, 0.3) is 0 Å². The van der Waals surface area contributed by atoms with Crippen molar-refractivity contribution < 1.29 is 34.4 Å². The number of piperidine rings is 2. The molecule has 11 heteroatoms. The molecule has 0 saturated carbocycles. The lowest BCUT2D eigenvalue weighted by Crippen LogP contribution is -2.58. The number of ether oxygens (including phenoxy) is 1. The van der Waals surface area contributed by atoms with E-state index in [0.29, 0.717) is 23.5 Å². The number of aliphatic carboxylic acids is 2. The largest absolute Gasteiger partial charge is 0.495 e. The molecule has 2 atom stereocenters. The van der Waals surface area contributed by atoms with Gasteiger partial charge < -0.3 is 25.4 Å². The molecule has 1 amide bonds. The van der Waals surface area contributed by atoms with E-state index >= 15 is 0 Å². The van der Waals surface area contributed by atoms with Gasteiger partial charge in [-0.3, -0.25) is 9.80 Å². The van der Waals surface area contributed by atoms with Crippen molar-refractivity contribution in [1.82, 2.24) is 10.2 Å². The number of amides is 1. The van der Waals surface area contributed by atoms with Crippen LogP contribution >= 0.6 is 15.9 Å². The van der Waals surface area contributed by atoms with Crippen LogP contribution < -0.4 is 15.0 Å². The van der Waals surface area contributed by atoms with E-state index in [1.54, 1.807) is 12.0 Å². The molecule has 0 radical (unpaired) electrons. The minimum atomic E-state index is -1.82. The zero-order valence-electron chi connectivity index (χ0n) is 25.0. The Hall–Kier alpha value is -3.15. The van der Waals surface area contributed by atoms with Crippen LogP contribution in [-0.2, 0) is 16.1 Å². The van der Waals surface area contributed by atoms with Crippen LogP contribution in [0.5, 0.6) is 5.75 Å². The van der Waals surface area contributed by atoms with Gasteiger partial charge in [0.2, 0.25) is 0 Å². The van der Waals surface area contributed by atoms with E-state index in [2.05, 4.69) is 50.4 Å². The number of carboxylic acid groups (broad SMARTS) is 3. The maximum absolute atomic E-state index is 12.4. The fraction of sp³-hybridized carbons (Fsp3) is 0.531. The third kappa shape index (κ3) is 10.5. The second-order valence-corrected chi connectivity index (χ2v) is 12.2. The summed E-state index contributed by atoms with van der Waals surface area (Å²) in [5, 5.41) is 28.5. The van der Waals surface area contributed by atoms with Crippen LogP contribution in [0.4, 0.5) is 10.5 Å². The number of hydrogen-bond acceptors (Lipinski definition) is 6. The van der Waals surface area contributed by atoms with Crippen molar-refractivity contribution in [2.45, 2.75) is 89.4 Å². The van der Waals surface area contributed by atoms with E-state index < -0.39 is 18.0 Å².